The normalized spacial score (nSPS) is 12.2. The number of benzene rings is 1. The van der Waals surface area contributed by atoms with E-state index in [1.807, 2.05) is 31.2 Å². The number of rotatable bonds is 4. The van der Waals surface area contributed by atoms with Gasteiger partial charge in [-0.25, -0.2) is 0 Å². The van der Waals surface area contributed by atoms with Gasteiger partial charge in [-0.15, -0.1) is 0 Å². The van der Waals surface area contributed by atoms with Crippen LogP contribution in [0.2, 0.25) is 0 Å². The van der Waals surface area contributed by atoms with Gasteiger partial charge < -0.3 is 11.1 Å². The first-order valence-electron chi connectivity index (χ1n) is 4.91. The first-order chi connectivity index (χ1) is 7.15. The predicted octanol–water partition coefficient (Wildman–Crippen LogP) is 1.80. The monoisotopic (exact) mass is 270 g/mol. The molecule has 3 nitrogen and oxygen atoms in total. The third kappa shape index (κ3) is 3.64. The average Bonchev–Trinajstić information content (AvgIpc) is 2.26. The smallest absolute Gasteiger partial charge is 0.237 e. The van der Waals surface area contributed by atoms with Crippen LogP contribution in [0.15, 0.2) is 28.7 Å². The van der Waals surface area contributed by atoms with E-state index in [-0.39, 0.29) is 5.91 Å². The fourth-order valence-corrected chi connectivity index (χ4v) is 1.57. The van der Waals surface area contributed by atoms with Gasteiger partial charge >= 0.3 is 0 Å². The van der Waals surface area contributed by atoms with Crippen molar-refractivity contribution in [2.45, 2.75) is 25.9 Å². The summed E-state index contributed by atoms with van der Waals surface area (Å²) in [5.41, 5.74) is 6.65. The lowest BCUT2D eigenvalue weighted by Crippen LogP contribution is -2.39. The molecule has 0 aromatic heterocycles. The molecule has 0 saturated carbocycles. The van der Waals surface area contributed by atoms with E-state index in [4.69, 9.17) is 5.73 Å². The molecule has 0 fully saturated rings. The van der Waals surface area contributed by atoms with Crippen molar-refractivity contribution >= 4 is 21.8 Å². The molecule has 3 N–H and O–H groups in total. The molecule has 1 aromatic rings. The predicted molar refractivity (Wildman–Crippen MR) is 64.3 cm³/mol. The molecule has 1 amide bonds. The van der Waals surface area contributed by atoms with Crippen molar-refractivity contribution in [1.29, 1.82) is 0 Å². The molecule has 1 rings (SSSR count). The Balaban J connectivity index is 2.51. The summed E-state index contributed by atoms with van der Waals surface area (Å²) >= 11 is 3.42. The van der Waals surface area contributed by atoms with Crippen LogP contribution in [0.4, 0.5) is 0 Å². The molecule has 0 aliphatic carbocycles. The van der Waals surface area contributed by atoms with Crippen molar-refractivity contribution in [1.82, 2.24) is 5.32 Å². The Morgan fingerprint density at radius 2 is 2.20 bits per heavy atom. The van der Waals surface area contributed by atoms with Crippen molar-refractivity contribution in [3.05, 3.63) is 34.3 Å². The lowest BCUT2D eigenvalue weighted by Gasteiger charge is -2.10. The molecule has 0 saturated heterocycles. The fourth-order valence-electron chi connectivity index (χ4n) is 1.14. The number of carbonyl (C=O) groups excluding carboxylic acids is 1. The van der Waals surface area contributed by atoms with Gasteiger partial charge in [-0.05, 0) is 18.1 Å². The van der Waals surface area contributed by atoms with Crippen LogP contribution in [-0.2, 0) is 11.3 Å². The summed E-state index contributed by atoms with van der Waals surface area (Å²) in [7, 11) is 0. The number of amides is 1. The maximum atomic E-state index is 11.4. The van der Waals surface area contributed by atoms with Crippen molar-refractivity contribution in [2.75, 3.05) is 0 Å². The summed E-state index contributed by atoms with van der Waals surface area (Å²) in [5, 5.41) is 2.80. The second-order valence-electron chi connectivity index (χ2n) is 3.32. The van der Waals surface area contributed by atoms with Crippen LogP contribution in [0, 0.1) is 0 Å². The van der Waals surface area contributed by atoms with E-state index in [1.165, 1.54) is 0 Å². The molecule has 4 heteroatoms. The molecule has 0 heterocycles. The van der Waals surface area contributed by atoms with Crippen LogP contribution in [0.1, 0.15) is 18.9 Å². The van der Waals surface area contributed by atoms with Gasteiger partial charge in [0.15, 0.2) is 0 Å². The summed E-state index contributed by atoms with van der Waals surface area (Å²) < 4.78 is 0.996. The van der Waals surface area contributed by atoms with E-state index in [2.05, 4.69) is 21.2 Å². The van der Waals surface area contributed by atoms with E-state index in [1.54, 1.807) is 0 Å². The molecule has 0 unspecified atom stereocenters. The lowest BCUT2D eigenvalue weighted by atomic mass is 10.2. The van der Waals surface area contributed by atoms with Crippen molar-refractivity contribution in [3.63, 3.8) is 0 Å². The third-order valence-corrected chi connectivity index (χ3v) is 2.96. The maximum Gasteiger partial charge on any atom is 0.237 e. The minimum Gasteiger partial charge on any atom is -0.351 e. The van der Waals surface area contributed by atoms with E-state index in [0.29, 0.717) is 13.0 Å². The van der Waals surface area contributed by atoms with E-state index in [9.17, 15) is 4.79 Å². The van der Waals surface area contributed by atoms with E-state index in [0.717, 1.165) is 10.0 Å². The van der Waals surface area contributed by atoms with Crippen LogP contribution in [0.5, 0.6) is 0 Å². The molecule has 0 bridgehead atoms. The van der Waals surface area contributed by atoms with Gasteiger partial charge in [0, 0.05) is 11.0 Å². The highest BCUT2D eigenvalue weighted by Crippen LogP contribution is 2.15. The molecule has 1 atom stereocenters. The summed E-state index contributed by atoms with van der Waals surface area (Å²) in [5.74, 6) is -0.103. The van der Waals surface area contributed by atoms with Crippen LogP contribution in [0.25, 0.3) is 0 Å². The van der Waals surface area contributed by atoms with Crippen molar-refractivity contribution < 1.29 is 4.79 Å². The Bertz CT molecular complexity index is 341. The molecule has 1 aromatic carbocycles. The maximum absolute atomic E-state index is 11.4. The highest BCUT2D eigenvalue weighted by Gasteiger charge is 2.10. The molecular weight excluding hydrogens is 256 g/mol. The topological polar surface area (TPSA) is 55.1 Å². The Morgan fingerprint density at radius 3 is 2.80 bits per heavy atom. The summed E-state index contributed by atoms with van der Waals surface area (Å²) in [6, 6.07) is 7.37. The number of hydrogen-bond acceptors (Lipinski definition) is 2. The van der Waals surface area contributed by atoms with Gasteiger partial charge in [0.2, 0.25) is 5.91 Å². The van der Waals surface area contributed by atoms with Gasteiger partial charge in [-0.2, -0.15) is 0 Å². The van der Waals surface area contributed by atoms with E-state index >= 15 is 0 Å². The summed E-state index contributed by atoms with van der Waals surface area (Å²) in [4.78, 5) is 11.4. The van der Waals surface area contributed by atoms with Crippen LogP contribution < -0.4 is 11.1 Å². The van der Waals surface area contributed by atoms with Gasteiger partial charge in [0.25, 0.3) is 0 Å². The van der Waals surface area contributed by atoms with Crippen LogP contribution >= 0.6 is 15.9 Å². The second-order valence-corrected chi connectivity index (χ2v) is 4.18. The molecular formula is C11H15BrN2O. The minimum atomic E-state index is -0.410. The fraction of sp³-hybridized carbons (Fsp3) is 0.364. The Labute approximate surface area is 98.2 Å². The first kappa shape index (κ1) is 12.2. The van der Waals surface area contributed by atoms with Gasteiger partial charge in [0.05, 0.1) is 6.04 Å². The molecule has 0 aliphatic rings. The largest absolute Gasteiger partial charge is 0.351 e. The Kier molecular flexibility index (Phi) is 4.78. The number of nitrogens with two attached hydrogens (primary N) is 1. The molecule has 0 radical (unpaired) electrons. The van der Waals surface area contributed by atoms with Crippen LogP contribution in [0.3, 0.4) is 0 Å². The summed E-state index contributed by atoms with van der Waals surface area (Å²) in [6.07, 6.45) is 0.655. The minimum absolute atomic E-state index is 0.103. The zero-order valence-corrected chi connectivity index (χ0v) is 10.3. The quantitative estimate of drug-likeness (QED) is 0.877. The van der Waals surface area contributed by atoms with Gasteiger partial charge in [-0.1, -0.05) is 41.1 Å². The molecule has 15 heavy (non-hydrogen) atoms. The molecule has 0 spiro atoms. The number of nitrogens with one attached hydrogen (secondary N) is 1. The average molecular weight is 271 g/mol. The highest BCUT2D eigenvalue weighted by molar-refractivity contribution is 9.10. The third-order valence-electron chi connectivity index (χ3n) is 2.19. The number of hydrogen-bond donors (Lipinski definition) is 2. The zero-order valence-electron chi connectivity index (χ0n) is 8.66. The standard InChI is InChI=1S/C11H15BrN2O/c1-2-10(13)11(15)14-7-8-5-3-4-6-9(8)12/h3-6,10H,2,7,13H2,1H3,(H,14,15)/t10-/m1/s1. The first-order valence-corrected chi connectivity index (χ1v) is 5.71. The SMILES string of the molecule is CC[C@@H](N)C(=O)NCc1ccccc1Br. The number of halogens is 1. The Hall–Kier alpha value is -0.870. The zero-order chi connectivity index (χ0) is 11.3. The number of carbonyl (C=O) groups is 1. The van der Waals surface area contributed by atoms with Crippen molar-refractivity contribution in [2.24, 2.45) is 5.73 Å². The lowest BCUT2D eigenvalue weighted by molar-refractivity contribution is -0.122. The molecule has 0 aliphatic heterocycles. The molecule has 82 valence electrons. The summed E-state index contributed by atoms with van der Waals surface area (Å²) in [6.45, 7) is 2.40. The van der Waals surface area contributed by atoms with Crippen LogP contribution in [-0.4, -0.2) is 11.9 Å². The van der Waals surface area contributed by atoms with E-state index < -0.39 is 6.04 Å². The highest BCUT2D eigenvalue weighted by atomic mass is 79.9. The van der Waals surface area contributed by atoms with Gasteiger partial charge in [0.1, 0.15) is 0 Å². The second kappa shape index (κ2) is 5.88. The van der Waals surface area contributed by atoms with Crippen molar-refractivity contribution in [3.8, 4) is 0 Å². The van der Waals surface area contributed by atoms with Gasteiger partial charge in [-0.3, -0.25) is 4.79 Å². The Morgan fingerprint density at radius 1 is 1.53 bits per heavy atom.